The van der Waals surface area contributed by atoms with Crippen LogP contribution in [0.4, 0.5) is 61.5 Å². The molecule has 2 N–H and O–H groups in total. The van der Waals surface area contributed by atoms with Crippen molar-refractivity contribution in [2.75, 3.05) is 0 Å². The minimum Gasteiger partial charge on any atom is -0.326 e. The lowest BCUT2D eigenvalue weighted by Crippen LogP contribution is -2.69. The summed E-state index contributed by atoms with van der Waals surface area (Å²) >= 11 is 0. The van der Waals surface area contributed by atoms with Crippen LogP contribution >= 0.6 is 8.25 Å². The van der Waals surface area contributed by atoms with Crippen molar-refractivity contribution in [3.63, 3.8) is 0 Å². The molecule has 0 saturated carbocycles. The van der Waals surface area contributed by atoms with Gasteiger partial charge >= 0.3 is 44.3 Å². The van der Waals surface area contributed by atoms with Crippen molar-refractivity contribution >= 4 is 8.25 Å². The largest absolute Gasteiger partial charge is 0.460 e. The first-order chi connectivity index (χ1) is 9.98. The molecule has 0 saturated heterocycles. The van der Waals surface area contributed by atoms with Crippen LogP contribution in [0.25, 0.3) is 0 Å². The highest BCUT2D eigenvalue weighted by Crippen LogP contribution is 2.60. The second-order valence-corrected chi connectivity index (χ2v) is 4.14. The highest BCUT2D eigenvalue weighted by Gasteiger charge is 2.91. The first-order valence-electron chi connectivity index (χ1n) is 4.55. The molecule has 0 aromatic carbocycles. The van der Waals surface area contributed by atoms with Gasteiger partial charge in [-0.25, -0.2) is 0 Å². The van der Waals surface area contributed by atoms with Crippen molar-refractivity contribution in [1.29, 1.82) is 0 Å². The molecule has 0 aliphatic heterocycles. The van der Waals surface area contributed by atoms with Crippen LogP contribution in [0.2, 0.25) is 0 Å². The third kappa shape index (κ3) is 4.41. The third-order valence-corrected chi connectivity index (χ3v) is 1.90. The monoisotopic (exact) mass is 420 g/mol. The van der Waals surface area contributed by atoms with Crippen molar-refractivity contribution in [2.45, 2.75) is 36.0 Å². The Bertz CT molecular complexity index is 410. The van der Waals surface area contributed by atoms with Gasteiger partial charge < -0.3 is 9.79 Å². The summed E-state index contributed by atoms with van der Waals surface area (Å²) < 4.78 is 175. The van der Waals surface area contributed by atoms with Crippen LogP contribution in [-0.2, 0) is 4.57 Å². The molecular weight excluding hydrogens is 417 g/mol. The van der Waals surface area contributed by atoms with Gasteiger partial charge in [0, 0.05) is 0 Å². The predicted molar refractivity (Wildman–Crippen MR) is 45.3 cm³/mol. The molecule has 18 heteroatoms. The fraction of sp³-hybridized carbons (Fsp3) is 1.00. The Balaban J connectivity index is 0. The molecule has 0 aliphatic rings. The van der Waals surface area contributed by atoms with Crippen LogP contribution < -0.4 is 0 Å². The van der Waals surface area contributed by atoms with Crippen molar-refractivity contribution in [3.05, 3.63) is 0 Å². The normalized spacial score (nSPS) is 15.2. The average molecular weight is 420 g/mol. The molecule has 3 nitrogen and oxygen atoms in total. The van der Waals surface area contributed by atoms with Gasteiger partial charge in [0.2, 0.25) is 0 Å². The molecule has 0 aromatic heterocycles. The Kier molecular flexibility index (Phi) is 7.22. The smallest absolute Gasteiger partial charge is 0.326 e. The molecule has 148 valence electrons. The zero-order chi connectivity index (χ0) is 20.6. The fourth-order valence-electron chi connectivity index (χ4n) is 0.750. The maximum absolute atomic E-state index is 12.3. The number of rotatable bonds is 3. The Morgan fingerprint density at radius 3 is 0.667 bits per heavy atom. The molecule has 0 radical (unpaired) electrons. The maximum atomic E-state index is 12.3. The van der Waals surface area contributed by atoms with Gasteiger partial charge in [-0.05, 0) is 0 Å². The number of hydrogen-bond acceptors (Lipinski definition) is 1. The van der Waals surface area contributed by atoms with Gasteiger partial charge in [-0.1, -0.05) is 0 Å². The summed E-state index contributed by atoms with van der Waals surface area (Å²) in [5, 5.41) is 0. The molecule has 0 rings (SSSR count). The molecular formula is C6H3F14O3P. The van der Waals surface area contributed by atoms with Gasteiger partial charge in [-0.15, -0.1) is 0 Å². The van der Waals surface area contributed by atoms with Crippen molar-refractivity contribution in [1.82, 2.24) is 0 Å². The van der Waals surface area contributed by atoms with Crippen molar-refractivity contribution in [2.24, 2.45) is 0 Å². The quantitative estimate of drug-likeness (QED) is 0.536. The van der Waals surface area contributed by atoms with Crippen LogP contribution in [0.15, 0.2) is 0 Å². The summed E-state index contributed by atoms with van der Waals surface area (Å²) in [6.07, 6.45) is -15.0. The number of halogens is 14. The Hall–Kier alpha value is -0.830. The number of hydrogen-bond donors (Lipinski definition) is 2. The zero-order valence-electron chi connectivity index (χ0n) is 10.1. The van der Waals surface area contributed by atoms with Gasteiger partial charge in [0.25, 0.3) is 0 Å². The van der Waals surface area contributed by atoms with Gasteiger partial charge in [-0.3, -0.25) is 4.57 Å². The van der Waals surface area contributed by atoms with E-state index in [1.165, 1.54) is 0 Å². The van der Waals surface area contributed by atoms with E-state index in [1.54, 1.807) is 0 Å². The molecule has 0 amide bonds. The summed E-state index contributed by atoms with van der Waals surface area (Å²) in [5.74, 6) is -31.7. The third-order valence-electron chi connectivity index (χ3n) is 1.90. The van der Waals surface area contributed by atoms with Gasteiger partial charge in [-0.2, -0.15) is 61.5 Å². The topological polar surface area (TPSA) is 57.5 Å². The summed E-state index contributed by atoms with van der Waals surface area (Å²) in [7, 11) is -3.13. The fourth-order valence-corrected chi connectivity index (χ4v) is 0.750. The van der Waals surface area contributed by atoms with E-state index in [9.17, 15) is 61.5 Å². The molecule has 0 heterocycles. The lowest BCUT2D eigenvalue weighted by Gasteiger charge is -2.37. The van der Waals surface area contributed by atoms with Crippen molar-refractivity contribution < 1.29 is 75.8 Å². The summed E-state index contributed by atoms with van der Waals surface area (Å²) in [6.45, 7) is 0. The Labute approximate surface area is 121 Å². The average Bonchev–Trinajstić information content (AvgIpc) is 2.23. The van der Waals surface area contributed by atoms with E-state index in [2.05, 4.69) is 0 Å². The molecule has 0 atom stereocenters. The highest BCUT2D eigenvalue weighted by atomic mass is 31.1. The van der Waals surface area contributed by atoms with Gasteiger partial charge in [0.1, 0.15) is 0 Å². The molecule has 0 fully saturated rings. The first-order valence-corrected chi connectivity index (χ1v) is 5.85. The SMILES string of the molecule is FC(F)(F)C(F)(F)C(F)(F)C(F)(F)C(F)(F)C(F)(F)F.O=[PH](O)O. The molecule has 0 unspecified atom stereocenters. The van der Waals surface area contributed by atoms with E-state index in [1.807, 2.05) is 0 Å². The zero-order valence-corrected chi connectivity index (χ0v) is 11.1. The lowest BCUT2D eigenvalue weighted by atomic mass is 9.98. The minimum absolute atomic E-state index is 3.13. The first kappa shape index (κ1) is 25.4. The second kappa shape index (κ2) is 6.82. The summed E-state index contributed by atoms with van der Waals surface area (Å²) in [6, 6.07) is 0. The van der Waals surface area contributed by atoms with Crippen LogP contribution in [0.5, 0.6) is 0 Å². The van der Waals surface area contributed by atoms with Crippen LogP contribution in [0.1, 0.15) is 0 Å². The molecule has 0 aromatic rings. The maximum Gasteiger partial charge on any atom is 0.460 e. The second-order valence-electron chi connectivity index (χ2n) is 3.58. The van der Waals surface area contributed by atoms with E-state index in [-0.39, 0.29) is 0 Å². The van der Waals surface area contributed by atoms with Gasteiger partial charge in [0.15, 0.2) is 0 Å². The van der Waals surface area contributed by atoms with Crippen molar-refractivity contribution in [3.8, 4) is 0 Å². The lowest BCUT2D eigenvalue weighted by molar-refractivity contribution is -0.451. The van der Waals surface area contributed by atoms with E-state index < -0.39 is 44.3 Å². The Morgan fingerprint density at radius 2 is 0.583 bits per heavy atom. The van der Waals surface area contributed by atoms with E-state index >= 15 is 0 Å². The van der Waals surface area contributed by atoms with Crippen LogP contribution in [0.3, 0.4) is 0 Å². The molecule has 0 aliphatic carbocycles. The standard InChI is InChI=1S/C6F14.H3O3P/c7-1(8,3(11,12)5(15,16)17)2(9,10)4(13,14)6(18,19)20;1-4(2)3/h;4H,(H2,1,2,3). The van der Waals surface area contributed by atoms with Crippen LogP contribution in [0, 0.1) is 0 Å². The summed E-state index contributed by atoms with van der Waals surface area (Å²) in [4.78, 5) is 14.3. The molecule has 0 spiro atoms. The minimum atomic E-state index is -8.04. The van der Waals surface area contributed by atoms with E-state index in [0.29, 0.717) is 0 Å². The summed E-state index contributed by atoms with van der Waals surface area (Å²) in [5.41, 5.74) is 0. The molecule has 0 bridgehead atoms. The van der Waals surface area contributed by atoms with E-state index in [0.717, 1.165) is 0 Å². The predicted octanol–water partition coefficient (Wildman–Crippen LogP) is 4.01. The number of alkyl halides is 14. The van der Waals surface area contributed by atoms with E-state index in [4.69, 9.17) is 14.4 Å². The van der Waals surface area contributed by atoms with Gasteiger partial charge in [0.05, 0.1) is 0 Å². The van der Waals surface area contributed by atoms with Crippen LogP contribution in [-0.4, -0.2) is 45.8 Å². The Morgan fingerprint density at radius 1 is 0.458 bits per heavy atom. The molecule has 24 heavy (non-hydrogen) atoms. The highest BCUT2D eigenvalue weighted by molar-refractivity contribution is 7.30.